The fourth-order valence-corrected chi connectivity index (χ4v) is 4.08. The number of carbonyl (C=O) groups excluding carboxylic acids is 3. The molecule has 0 aromatic carbocycles. The number of sulfonamides is 1. The van der Waals surface area contributed by atoms with Gasteiger partial charge in [0.25, 0.3) is 21.8 Å². The number of nitrogens with two attached hydrogens (primary N) is 1. The van der Waals surface area contributed by atoms with Gasteiger partial charge in [0.1, 0.15) is 0 Å². The van der Waals surface area contributed by atoms with Gasteiger partial charge in [-0.15, -0.1) is 0 Å². The monoisotopic (exact) mass is 560 g/mol. The lowest BCUT2D eigenvalue weighted by Crippen LogP contribution is -2.36. The second kappa shape index (κ2) is 13.1. The highest BCUT2D eigenvalue weighted by molar-refractivity contribution is 7.90. The van der Waals surface area contributed by atoms with Gasteiger partial charge in [0.15, 0.2) is 5.03 Å². The SMILES string of the molecule is COc1cc(OC)nc(NC(=O)NS(=O)(=O)c2ncccc2C(=O)N(C)C)n1.Cc1ccnc(C)c1C(N)=O. The summed E-state index contributed by atoms with van der Waals surface area (Å²) < 4.78 is 36.7. The van der Waals surface area contributed by atoms with E-state index in [1.165, 1.54) is 57.6 Å². The Hall–Kier alpha value is -4.86. The number of aryl methyl sites for hydroxylation is 2. The molecule has 0 atom stereocenters. The van der Waals surface area contributed by atoms with Gasteiger partial charge in [0.05, 0.1) is 37.1 Å². The van der Waals surface area contributed by atoms with Crippen molar-refractivity contribution < 1.29 is 32.3 Å². The van der Waals surface area contributed by atoms with E-state index in [2.05, 4.69) is 25.3 Å². The highest BCUT2D eigenvalue weighted by atomic mass is 32.2. The molecule has 0 spiro atoms. The molecule has 4 amide bonds. The third-order valence-corrected chi connectivity index (χ3v) is 6.10. The molecule has 0 unspecified atom stereocenters. The summed E-state index contributed by atoms with van der Waals surface area (Å²) >= 11 is 0. The first-order valence-electron chi connectivity index (χ1n) is 11.0. The zero-order chi connectivity index (χ0) is 29.3. The van der Waals surface area contributed by atoms with Gasteiger partial charge in [-0.3, -0.25) is 19.9 Å². The van der Waals surface area contributed by atoms with Crippen LogP contribution in [0.2, 0.25) is 0 Å². The second-order valence-corrected chi connectivity index (χ2v) is 9.44. The highest BCUT2D eigenvalue weighted by Crippen LogP contribution is 2.18. The van der Waals surface area contributed by atoms with Crippen LogP contribution in [0.25, 0.3) is 0 Å². The lowest BCUT2D eigenvalue weighted by atomic mass is 10.1. The van der Waals surface area contributed by atoms with Crippen LogP contribution < -0.4 is 25.2 Å². The Balaban J connectivity index is 0.000000404. The van der Waals surface area contributed by atoms with E-state index in [9.17, 15) is 22.8 Å². The number of aromatic nitrogens is 4. The van der Waals surface area contributed by atoms with Gasteiger partial charge in [0.2, 0.25) is 17.7 Å². The van der Waals surface area contributed by atoms with Crippen LogP contribution in [-0.2, 0) is 10.0 Å². The van der Waals surface area contributed by atoms with Crippen molar-refractivity contribution in [3.63, 3.8) is 0 Å². The Morgan fingerprint density at radius 3 is 2.08 bits per heavy atom. The smallest absolute Gasteiger partial charge is 0.335 e. The summed E-state index contributed by atoms with van der Waals surface area (Å²) in [6, 6.07) is 4.67. The highest BCUT2D eigenvalue weighted by Gasteiger charge is 2.27. The number of carbonyl (C=O) groups is 3. The zero-order valence-corrected chi connectivity index (χ0v) is 22.9. The fourth-order valence-electron chi connectivity index (χ4n) is 3.04. The van der Waals surface area contributed by atoms with Crippen LogP contribution in [0.5, 0.6) is 11.8 Å². The molecule has 0 fully saturated rings. The van der Waals surface area contributed by atoms with Gasteiger partial charge in [-0.25, -0.2) is 14.5 Å². The Kier molecular flexibility index (Phi) is 10.2. The minimum absolute atomic E-state index is 0.0913. The minimum atomic E-state index is -4.46. The summed E-state index contributed by atoms with van der Waals surface area (Å²) in [5.74, 6) is -1.07. The minimum Gasteiger partial charge on any atom is -0.481 e. The van der Waals surface area contributed by atoms with Crippen molar-refractivity contribution in [1.29, 1.82) is 0 Å². The molecule has 0 aliphatic carbocycles. The summed E-state index contributed by atoms with van der Waals surface area (Å²) in [5, 5.41) is 1.56. The van der Waals surface area contributed by atoms with Crippen molar-refractivity contribution in [3.8, 4) is 11.8 Å². The molecule has 0 radical (unpaired) electrons. The van der Waals surface area contributed by atoms with Crippen molar-refractivity contribution in [2.45, 2.75) is 18.9 Å². The summed E-state index contributed by atoms with van der Waals surface area (Å²) in [6.07, 6.45) is 2.85. The van der Waals surface area contributed by atoms with Gasteiger partial charge in [0, 0.05) is 26.5 Å². The molecule has 0 saturated heterocycles. The molecule has 3 aromatic rings. The van der Waals surface area contributed by atoms with E-state index in [1.54, 1.807) is 23.9 Å². The van der Waals surface area contributed by atoms with Crippen LogP contribution in [0.1, 0.15) is 32.0 Å². The first-order chi connectivity index (χ1) is 18.3. The molecule has 3 heterocycles. The number of nitrogens with one attached hydrogen (secondary N) is 2. The molecule has 4 N–H and O–H groups in total. The average Bonchev–Trinajstić information content (AvgIpc) is 2.87. The summed E-state index contributed by atoms with van der Waals surface area (Å²) in [7, 11) is 1.15. The number of hydrogen-bond donors (Lipinski definition) is 3. The number of anilines is 1. The van der Waals surface area contributed by atoms with Gasteiger partial charge >= 0.3 is 6.03 Å². The third kappa shape index (κ3) is 8.06. The summed E-state index contributed by atoms with van der Waals surface area (Å²) in [6.45, 7) is 3.61. The molecule has 39 heavy (non-hydrogen) atoms. The van der Waals surface area contributed by atoms with Crippen LogP contribution in [-0.4, -0.2) is 79.4 Å². The lowest BCUT2D eigenvalue weighted by molar-refractivity contribution is 0.0822. The molecule has 208 valence electrons. The number of amides is 4. The number of pyridine rings is 2. The number of hydrogen-bond acceptors (Lipinski definition) is 11. The van der Waals surface area contributed by atoms with E-state index in [0.717, 1.165) is 5.56 Å². The quantitative estimate of drug-likeness (QED) is 0.369. The topological polar surface area (TPSA) is 209 Å². The zero-order valence-electron chi connectivity index (χ0n) is 22.0. The number of ether oxygens (including phenoxy) is 2. The molecule has 15 nitrogen and oxygen atoms in total. The molecule has 3 rings (SSSR count). The normalized spacial score (nSPS) is 10.4. The van der Waals surface area contributed by atoms with Gasteiger partial charge in [-0.1, -0.05) is 0 Å². The predicted molar refractivity (Wildman–Crippen MR) is 139 cm³/mol. The van der Waals surface area contributed by atoms with Crippen LogP contribution in [0.15, 0.2) is 41.7 Å². The van der Waals surface area contributed by atoms with Gasteiger partial charge < -0.3 is 20.1 Å². The number of nitrogens with zero attached hydrogens (tertiary/aromatic N) is 5. The van der Waals surface area contributed by atoms with E-state index in [0.29, 0.717) is 11.3 Å². The van der Waals surface area contributed by atoms with Gasteiger partial charge in [-0.05, 0) is 37.6 Å². The average molecular weight is 561 g/mol. The molecule has 0 saturated carbocycles. The Morgan fingerprint density at radius 2 is 1.59 bits per heavy atom. The summed E-state index contributed by atoms with van der Waals surface area (Å²) in [5.41, 5.74) is 7.06. The van der Waals surface area contributed by atoms with E-state index >= 15 is 0 Å². The molecular weight excluding hydrogens is 532 g/mol. The third-order valence-electron chi connectivity index (χ3n) is 4.81. The van der Waals surface area contributed by atoms with Crippen LogP contribution in [0, 0.1) is 13.8 Å². The second-order valence-electron chi connectivity index (χ2n) is 7.84. The molecular formula is C23H28N8O7S. The van der Waals surface area contributed by atoms with Gasteiger partial charge in [-0.2, -0.15) is 18.4 Å². The van der Waals surface area contributed by atoms with Crippen LogP contribution in [0.4, 0.5) is 10.7 Å². The molecule has 16 heteroatoms. The number of urea groups is 1. The maximum Gasteiger partial charge on any atom is 0.335 e. The fraction of sp³-hybridized carbons (Fsp3) is 0.261. The lowest BCUT2D eigenvalue weighted by Gasteiger charge is -2.14. The number of rotatable bonds is 7. The first-order valence-corrected chi connectivity index (χ1v) is 12.5. The van der Waals surface area contributed by atoms with Crippen molar-refractivity contribution in [1.82, 2.24) is 29.6 Å². The van der Waals surface area contributed by atoms with Crippen molar-refractivity contribution in [3.05, 3.63) is 59.0 Å². The Labute approximate surface area is 224 Å². The first kappa shape index (κ1) is 30.4. The molecule has 0 aliphatic heterocycles. The van der Waals surface area contributed by atoms with Crippen molar-refractivity contribution in [2.75, 3.05) is 33.6 Å². The maximum absolute atomic E-state index is 12.5. The standard InChI is InChI=1S/C15H18N6O6S.C8H10N2O/c1-21(2)13(22)9-6-5-7-16-12(9)28(24,25)20-15(23)19-14-17-10(26-3)8-11(18-14)27-4;1-5-3-4-10-6(2)7(5)8(9)11/h5-8H,1-4H3,(H2,17,18,19,20,23);3-4H,1-2H3,(H2,9,11). The summed E-state index contributed by atoms with van der Waals surface area (Å²) in [4.78, 5) is 51.7. The number of primary amides is 1. The van der Waals surface area contributed by atoms with E-state index in [4.69, 9.17) is 15.2 Å². The predicted octanol–water partition coefficient (Wildman–Crippen LogP) is 0.898. The van der Waals surface area contributed by atoms with Crippen molar-refractivity contribution in [2.24, 2.45) is 5.73 Å². The number of methoxy groups -OCH3 is 2. The molecule has 0 aliphatic rings. The Morgan fingerprint density at radius 1 is 0.974 bits per heavy atom. The largest absolute Gasteiger partial charge is 0.481 e. The molecule has 0 bridgehead atoms. The Bertz CT molecular complexity index is 1440. The molecule has 3 aromatic heterocycles. The maximum atomic E-state index is 12.5. The van der Waals surface area contributed by atoms with E-state index in [1.807, 2.05) is 6.92 Å². The van der Waals surface area contributed by atoms with Crippen LogP contribution >= 0.6 is 0 Å². The van der Waals surface area contributed by atoms with E-state index < -0.39 is 32.9 Å². The van der Waals surface area contributed by atoms with E-state index in [-0.39, 0.29) is 23.3 Å². The van der Waals surface area contributed by atoms with Crippen LogP contribution in [0.3, 0.4) is 0 Å². The van der Waals surface area contributed by atoms with Crippen molar-refractivity contribution >= 4 is 33.8 Å².